The molecule has 0 bridgehead atoms. The summed E-state index contributed by atoms with van der Waals surface area (Å²) in [6.07, 6.45) is 0.798. The Kier molecular flexibility index (Phi) is 4.53. The number of Topliss-reactive ketones (excluding diaryl/α,β-unsaturated/α-hetero) is 1. The lowest BCUT2D eigenvalue weighted by atomic mass is 9.93. The molecule has 0 N–H and O–H groups in total. The summed E-state index contributed by atoms with van der Waals surface area (Å²) in [5.74, 6) is 0.235. The van der Waals surface area contributed by atoms with Gasteiger partial charge in [-0.3, -0.25) is 4.79 Å². The molecule has 0 fully saturated rings. The molecule has 2 aromatic carbocycles. The highest BCUT2D eigenvalue weighted by Gasteiger charge is 2.16. The lowest BCUT2D eigenvalue weighted by Crippen LogP contribution is -2.14. The lowest BCUT2D eigenvalue weighted by molar-refractivity contribution is 0.0929. The van der Waals surface area contributed by atoms with E-state index in [1.54, 1.807) is 0 Å². The van der Waals surface area contributed by atoms with Gasteiger partial charge in [-0.2, -0.15) is 0 Å². The predicted molar refractivity (Wildman–Crippen MR) is 82.8 cm³/mol. The predicted octanol–water partition coefficient (Wildman–Crippen LogP) is 4.35. The van der Waals surface area contributed by atoms with Gasteiger partial charge in [0, 0.05) is 15.1 Å². The van der Waals surface area contributed by atoms with Crippen LogP contribution in [0.2, 0.25) is 0 Å². The zero-order chi connectivity index (χ0) is 13.0. The molecule has 0 aromatic heterocycles. The van der Waals surface area contributed by atoms with Gasteiger partial charge in [0.2, 0.25) is 0 Å². The number of carbonyl (C=O) groups is 1. The molecule has 2 heteroatoms. The van der Waals surface area contributed by atoms with Crippen LogP contribution in [0.3, 0.4) is 0 Å². The fourth-order valence-corrected chi connectivity index (χ4v) is 2.58. The molecule has 0 radical (unpaired) electrons. The molecule has 18 heavy (non-hydrogen) atoms. The highest BCUT2D eigenvalue weighted by atomic mass is 127. The van der Waals surface area contributed by atoms with E-state index in [0.29, 0.717) is 0 Å². The second-order valence-corrected chi connectivity index (χ2v) is 5.59. The van der Waals surface area contributed by atoms with Crippen molar-refractivity contribution in [1.82, 2.24) is 0 Å². The molecule has 0 saturated carbocycles. The van der Waals surface area contributed by atoms with E-state index in [2.05, 4.69) is 34.7 Å². The van der Waals surface area contributed by atoms with Crippen LogP contribution in [0, 0.1) is 9.49 Å². The Morgan fingerprint density at radius 1 is 1.06 bits per heavy atom. The number of carbonyl (C=O) groups excluding carboxylic acids is 1. The van der Waals surface area contributed by atoms with Gasteiger partial charge >= 0.3 is 0 Å². The Morgan fingerprint density at radius 3 is 2.33 bits per heavy atom. The van der Waals surface area contributed by atoms with Crippen molar-refractivity contribution in [2.24, 2.45) is 5.92 Å². The first-order chi connectivity index (χ1) is 8.68. The fraction of sp³-hybridized carbons (Fsp3) is 0.188. The summed E-state index contributed by atoms with van der Waals surface area (Å²) in [4.78, 5) is 12.3. The first kappa shape index (κ1) is 13.3. The third-order valence-corrected chi connectivity index (χ3v) is 4.04. The van der Waals surface area contributed by atoms with E-state index in [0.717, 1.165) is 12.0 Å². The van der Waals surface area contributed by atoms with Gasteiger partial charge in [-0.1, -0.05) is 55.5 Å². The van der Waals surface area contributed by atoms with E-state index < -0.39 is 0 Å². The summed E-state index contributed by atoms with van der Waals surface area (Å²) in [5, 5.41) is 0. The summed E-state index contributed by atoms with van der Waals surface area (Å²) in [6, 6.07) is 17.7. The summed E-state index contributed by atoms with van der Waals surface area (Å²) < 4.78 is 1.22. The van der Waals surface area contributed by atoms with Gasteiger partial charge in [0.1, 0.15) is 0 Å². The molecular weight excluding hydrogens is 335 g/mol. The van der Waals surface area contributed by atoms with Gasteiger partial charge in [0.05, 0.1) is 0 Å². The van der Waals surface area contributed by atoms with Crippen molar-refractivity contribution >= 4 is 28.4 Å². The van der Waals surface area contributed by atoms with E-state index in [4.69, 9.17) is 0 Å². The van der Waals surface area contributed by atoms with E-state index in [-0.39, 0.29) is 11.7 Å². The SMILES string of the molecule is CC(Cc1ccccc1I)C(=O)c1ccccc1. The minimum atomic E-state index is 0.0170. The summed E-state index contributed by atoms with van der Waals surface area (Å²) >= 11 is 2.32. The molecular formula is C16H15IO. The second-order valence-electron chi connectivity index (χ2n) is 4.43. The normalized spacial score (nSPS) is 12.1. The minimum Gasteiger partial charge on any atom is -0.294 e. The average molecular weight is 350 g/mol. The van der Waals surface area contributed by atoms with Crippen LogP contribution in [-0.4, -0.2) is 5.78 Å². The number of hydrogen-bond acceptors (Lipinski definition) is 1. The summed E-state index contributed by atoms with van der Waals surface area (Å²) in [7, 11) is 0. The second kappa shape index (κ2) is 6.14. The fourth-order valence-electron chi connectivity index (χ4n) is 1.97. The van der Waals surface area contributed by atoms with E-state index in [9.17, 15) is 4.79 Å². The summed E-state index contributed by atoms with van der Waals surface area (Å²) in [6.45, 7) is 2.00. The van der Waals surface area contributed by atoms with Crippen molar-refractivity contribution in [1.29, 1.82) is 0 Å². The molecule has 0 aliphatic heterocycles. The molecule has 0 saturated heterocycles. The van der Waals surface area contributed by atoms with Crippen LogP contribution in [0.25, 0.3) is 0 Å². The number of rotatable bonds is 4. The topological polar surface area (TPSA) is 17.1 Å². The molecule has 2 rings (SSSR count). The number of hydrogen-bond donors (Lipinski definition) is 0. The lowest BCUT2D eigenvalue weighted by Gasteiger charge is -2.11. The van der Waals surface area contributed by atoms with Crippen molar-refractivity contribution in [2.45, 2.75) is 13.3 Å². The maximum atomic E-state index is 12.3. The van der Waals surface area contributed by atoms with E-state index in [1.165, 1.54) is 9.13 Å². The molecule has 0 spiro atoms. The van der Waals surface area contributed by atoms with Crippen LogP contribution in [0.4, 0.5) is 0 Å². The molecule has 0 aliphatic carbocycles. The summed E-state index contributed by atoms with van der Waals surface area (Å²) in [5.41, 5.74) is 2.05. The number of halogens is 1. The third-order valence-electron chi connectivity index (χ3n) is 2.99. The van der Waals surface area contributed by atoms with E-state index in [1.807, 2.05) is 49.4 Å². The zero-order valence-electron chi connectivity index (χ0n) is 10.3. The van der Waals surface area contributed by atoms with Gasteiger partial charge < -0.3 is 0 Å². The minimum absolute atomic E-state index is 0.0170. The first-order valence-electron chi connectivity index (χ1n) is 6.01. The molecule has 1 atom stereocenters. The van der Waals surface area contributed by atoms with Gasteiger partial charge in [-0.05, 0) is 40.6 Å². The van der Waals surface area contributed by atoms with Crippen molar-refractivity contribution in [3.8, 4) is 0 Å². The highest BCUT2D eigenvalue weighted by Crippen LogP contribution is 2.18. The van der Waals surface area contributed by atoms with Crippen LogP contribution < -0.4 is 0 Å². The average Bonchev–Trinajstić information content (AvgIpc) is 2.41. The van der Waals surface area contributed by atoms with Crippen molar-refractivity contribution in [3.63, 3.8) is 0 Å². The molecule has 1 unspecified atom stereocenters. The monoisotopic (exact) mass is 350 g/mol. The smallest absolute Gasteiger partial charge is 0.165 e. The van der Waals surface area contributed by atoms with Crippen LogP contribution in [0.15, 0.2) is 54.6 Å². The Balaban J connectivity index is 2.11. The third kappa shape index (κ3) is 3.19. The zero-order valence-corrected chi connectivity index (χ0v) is 12.4. The maximum Gasteiger partial charge on any atom is 0.165 e. The van der Waals surface area contributed by atoms with Crippen molar-refractivity contribution in [3.05, 3.63) is 69.3 Å². The first-order valence-corrected chi connectivity index (χ1v) is 7.09. The van der Waals surface area contributed by atoms with E-state index >= 15 is 0 Å². The molecule has 0 aliphatic rings. The Labute approximate surface area is 121 Å². The van der Waals surface area contributed by atoms with Crippen molar-refractivity contribution < 1.29 is 4.79 Å². The largest absolute Gasteiger partial charge is 0.294 e. The molecule has 92 valence electrons. The van der Waals surface area contributed by atoms with Crippen LogP contribution in [-0.2, 0) is 6.42 Å². The van der Waals surface area contributed by atoms with Crippen LogP contribution in [0.5, 0.6) is 0 Å². The van der Waals surface area contributed by atoms with Crippen LogP contribution >= 0.6 is 22.6 Å². The van der Waals surface area contributed by atoms with Gasteiger partial charge in [0.25, 0.3) is 0 Å². The molecule has 2 aromatic rings. The van der Waals surface area contributed by atoms with Crippen LogP contribution in [0.1, 0.15) is 22.8 Å². The standard InChI is InChI=1S/C16H15IO/c1-12(11-14-9-5-6-10-15(14)17)16(18)13-7-3-2-4-8-13/h2-10,12H,11H2,1H3. The van der Waals surface area contributed by atoms with Crippen molar-refractivity contribution in [2.75, 3.05) is 0 Å². The molecule has 1 nitrogen and oxygen atoms in total. The van der Waals surface area contributed by atoms with Gasteiger partial charge in [0.15, 0.2) is 5.78 Å². The Morgan fingerprint density at radius 2 is 1.67 bits per heavy atom. The number of benzene rings is 2. The maximum absolute atomic E-state index is 12.3. The Bertz CT molecular complexity index is 534. The molecule has 0 heterocycles. The van der Waals surface area contributed by atoms with Gasteiger partial charge in [-0.15, -0.1) is 0 Å². The highest BCUT2D eigenvalue weighted by molar-refractivity contribution is 14.1. The quantitative estimate of drug-likeness (QED) is 0.592. The van der Waals surface area contributed by atoms with Gasteiger partial charge in [-0.25, -0.2) is 0 Å². The Hall–Kier alpha value is -1.16. The number of ketones is 1. The molecule has 0 amide bonds.